The van der Waals surface area contributed by atoms with Crippen molar-refractivity contribution in [1.82, 2.24) is 40.1 Å². The number of pyridine rings is 1. The summed E-state index contributed by atoms with van der Waals surface area (Å²) in [5.41, 5.74) is 9.80. The van der Waals surface area contributed by atoms with Gasteiger partial charge in [-0.1, -0.05) is 19.9 Å². The van der Waals surface area contributed by atoms with Gasteiger partial charge in [0.1, 0.15) is 22.7 Å². The number of fused-ring (bicyclic) bond motifs is 7. The maximum absolute atomic E-state index is 15.5. The topological polar surface area (TPSA) is 174 Å². The number of methoxy groups -OCH3 is 1. The predicted octanol–water partition coefficient (Wildman–Crippen LogP) is 6.84. The molecular weight excluding hydrogens is 1020 g/mol. The molecule has 19 heteroatoms. The van der Waals surface area contributed by atoms with Crippen molar-refractivity contribution in [2.75, 3.05) is 97.5 Å². The predicted molar refractivity (Wildman–Crippen MR) is 299 cm³/mol. The number of anilines is 1. The third-order valence-corrected chi connectivity index (χ3v) is 20.2. The number of cyclic esters (lactones) is 1. The van der Waals surface area contributed by atoms with Gasteiger partial charge in [0.15, 0.2) is 0 Å². The van der Waals surface area contributed by atoms with Gasteiger partial charge in [-0.2, -0.15) is 0 Å². The van der Waals surface area contributed by atoms with Crippen molar-refractivity contribution in [3.8, 4) is 22.5 Å². The van der Waals surface area contributed by atoms with Gasteiger partial charge in [-0.25, -0.2) is 10.4 Å². The number of carbonyl (C=O) groups is 3. The number of carbonyl (C=O) groups excluding carboxylic acids is 3. The minimum Gasteiger partial charge on any atom is -0.464 e. The van der Waals surface area contributed by atoms with Crippen LogP contribution in [0.1, 0.15) is 120 Å². The van der Waals surface area contributed by atoms with Crippen molar-refractivity contribution in [2.24, 2.45) is 16.7 Å². The molecular formula is C60H81N9O9S. The fourth-order valence-electron chi connectivity index (χ4n) is 14.3. The van der Waals surface area contributed by atoms with Gasteiger partial charge in [-0.15, -0.1) is 11.3 Å². The Morgan fingerprint density at radius 3 is 2.47 bits per heavy atom. The average Bonchev–Trinajstić information content (AvgIpc) is 4.01. The third kappa shape index (κ3) is 10.4. The van der Waals surface area contributed by atoms with E-state index in [4.69, 9.17) is 38.4 Å². The van der Waals surface area contributed by atoms with Crippen LogP contribution in [-0.2, 0) is 55.8 Å². The Bertz CT molecular complexity index is 2910. The lowest BCUT2D eigenvalue weighted by molar-refractivity contribution is -0.160. The van der Waals surface area contributed by atoms with Crippen LogP contribution in [0.3, 0.4) is 0 Å². The molecule has 18 nitrogen and oxygen atoms in total. The summed E-state index contributed by atoms with van der Waals surface area (Å²) in [7, 11) is 1.75. The second-order valence-electron chi connectivity index (χ2n) is 25.4. The van der Waals surface area contributed by atoms with Crippen molar-refractivity contribution in [2.45, 2.75) is 153 Å². The summed E-state index contributed by atoms with van der Waals surface area (Å²) in [4.78, 5) is 63.0. The highest BCUT2D eigenvalue weighted by Crippen LogP contribution is 2.53. The Labute approximate surface area is 468 Å². The van der Waals surface area contributed by atoms with Gasteiger partial charge in [0.05, 0.1) is 66.5 Å². The van der Waals surface area contributed by atoms with Crippen molar-refractivity contribution < 1.29 is 42.8 Å². The lowest BCUT2D eigenvalue weighted by Crippen LogP contribution is -2.68. The second-order valence-corrected chi connectivity index (χ2v) is 26.3. The van der Waals surface area contributed by atoms with E-state index in [1.54, 1.807) is 12.1 Å². The van der Waals surface area contributed by atoms with E-state index < -0.39 is 35.1 Å². The summed E-state index contributed by atoms with van der Waals surface area (Å²) in [6, 6.07) is 7.37. The first-order chi connectivity index (χ1) is 38.3. The Morgan fingerprint density at radius 1 is 0.962 bits per heavy atom. The molecule has 0 radical (unpaired) electrons. The number of hydrazine groups is 1. The SMILES string of the molecule is CO[C@@H](C)c1ncc(N2CCN(C3CC3)CC2)cc1-c1c2c3cc(ccc3n1CCOC1CCOCC1)-c1csc(n1)[C@@H](N1CC3(CCOCC3)C1)[C@H](NC(=O)C13CC(C1)C(C)O3)C(=O)N1CCC[C@H](N1)C(=O)OCC(C)(C)C2. The van der Waals surface area contributed by atoms with Crippen LogP contribution in [0.5, 0.6) is 0 Å². The molecule has 2 amide bonds. The first-order valence-electron chi connectivity index (χ1n) is 29.6. The van der Waals surface area contributed by atoms with E-state index in [1.165, 1.54) is 24.2 Å². The van der Waals surface area contributed by atoms with Crippen LogP contribution in [0.15, 0.2) is 35.8 Å². The third-order valence-electron chi connectivity index (χ3n) is 19.3. The van der Waals surface area contributed by atoms with Crippen molar-refractivity contribution in [1.29, 1.82) is 0 Å². The van der Waals surface area contributed by atoms with Gasteiger partial charge in [-0.3, -0.25) is 34.2 Å². The molecule has 14 rings (SSSR count). The number of nitrogens with one attached hydrogen (secondary N) is 2. The van der Waals surface area contributed by atoms with Gasteiger partial charge in [0.25, 0.3) is 11.8 Å². The fraction of sp³-hybridized carbons (Fsp3) is 0.683. The van der Waals surface area contributed by atoms with E-state index in [-0.39, 0.29) is 42.1 Å². The van der Waals surface area contributed by atoms with E-state index in [0.717, 1.165) is 126 Å². The highest BCUT2D eigenvalue weighted by Gasteiger charge is 2.62. The van der Waals surface area contributed by atoms with E-state index >= 15 is 4.79 Å². The van der Waals surface area contributed by atoms with Crippen LogP contribution in [-0.4, -0.2) is 176 Å². The molecule has 5 atom stereocenters. The molecule has 11 heterocycles. The maximum Gasteiger partial charge on any atom is 0.324 e. The standard InChI is InChI=1S/C60H81N9O9S/c1-37-40-29-60(30-40,78-37)57(72)63-51-53(67-34-59(35-67)14-24-75-25-15-59)54-62-48(33-79-54)39-8-11-49-44(27-39)46(31-58(3,4)36-77-56(71)47-7-6-16-69(64-47)55(51)70)52(68(49)21-26-76-43-12-22-74-23-13-43)45-28-42(32-61-50(45)38(2)73-5)66-19-17-65(18-20-66)41-9-10-41/h8,11,27-28,32-33,37-38,40-41,43,47,51,53,64H,6-7,9-10,12-26,29-31,34-36H2,1-5H3,(H,63,72)/t37?,38-,40?,47-,51-,53-,60?/m0/s1. The minimum absolute atomic E-state index is 0.0276. The van der Waals surface area contributed by atoms with Gasteiger partial charge in [0, 0.05) is 130 Å². The number of hydrogen-bond donors (Lipinski definition) is 2. The Kier molecular flexibility index (Phi) is 14.7. The molecule has 7 saturated heterocycles. The number of amides is 2. The monoisotopic (exact) mass is 1100 g/mol. The van der Waals surface area contributed by atoms with Gasteiger partial charge in [0.2, 0.25) is 0 Å². The molecule has 8 bridgehead atoms. The quantitative estimate of drug-likeness (QED) is 0.141. The van der Waals surface area contributed by atoms with Crippen molar-refractivity contribution in [3.63, 3.8) is 0 Å². The van der Waals surface area contributed by atoms with Crippen LogP contribution >= 0.6 is 11.3 Å². The number of piperazine rings is 1. The first kappa shape index (κ1) is 53.7. The summed E-state index contributed by atoms with van der Waals surface area (Å²) >= 11 is 1.53. The van der Waals surface area contributed by atoms with E-state index in [1.807, 2.05) is 13.1 Å². The van der Waals surface area contributed by atoms with Crippen LogP contribution in [0.25, 0.3) is 33.4 Å². The number of likely N-dealkylation sites (tertiary alicyclic amines) is 1. The smallest absolute Gasteiger partial charge is 0.324 e. The van der Waals surface area contributed by atoms with Gasteiger partial charge >= 0.3 is 5.97 Å². The summed E-state index contributed by atoms with van der Waals surface area (Å²) < 4.78 is 39.6. The number of hydrogen-bond acceptors (Lipinski definition) is 16. The molecule has 9 fully saturated rings. The lowest BCUT2D eigenvalue weighted by atomic mass is 9.71. The molecule has 1 aromatic carbocycles. The zero-order chi connectivity index (χ0) is 54.2. The molecule has 1 spiro atoms. The average molecular weight is 1100 g/mol. The molecule has 79 heavy (non-hydrogen) atoms. The molecule has 2 saturated carbocycles. The molecule has 2 N–H and O–H groups in total. The van der Waals surface area contributed by atoms with Crippen LogP contribution < -0.4 is 15.6 Å². The first-order valence-corrected chi connectivity index (χ1v) is 30.5. The van der Waals surface area contributed by atoms with Gasteiger partial charge in [-0.05, 0) is 114 Å². The largest absolute Gasteiger partial charge is 0.464 e. The van der Waals surface area contributed by atoms with Crippen molar-refractivity contribution >= 4 is 45.7 Å². The van der Waals surface area contributed by atoms with Gasteiger partial charge < -0.3 is 43.2 Å². The molecule has 2 aliphatic carbocycles. The minimum atomic E-state index is -1.03. The Balaban J connectivity index is 0.950. The van der Waals surface area contributed by atoms with Crippen LogP contribution in [0, 0.1) is 16.7 Å². The molecule has 4 aromatic rings. The van der Waals surface area contributed by atoms with Crippen LogP contribution in [0.2, 0.25) is 0 Å². The summed E-state index contributed by atoms with van der Waals surface area (Å²) in [5.74, 6) is -0.652. The maximum atomic E-state index is 15.5. The Hall–Kier alpha value is -4.57. The number of rotatable bonds is 12. The lowest BCUT2D eigenvalue weighted by Gasteiger charge is -2.56. The number of aromatic nitrogens is 3. The highest BCUT2D eigenvalue weighted by molar-refractivity contribution is 7.10. The fourth-order valence-corrected chi connectivity index (χ4v) is 15.3. The van der Waals surface area contributed by atoms with E-state index in [9.17, 15) is 9.59 Å². The van der Waals surface area contributed by atoms with E-state index in [2.05, 4.69) is 80.4 Å². The number of esters is 1. The summed E-state index contributed by atoms with van der Waals surface area (Å²) in [5, 5.41) is 8.82. The second kappa shape index (κ2) is 21.6. The van der Waals surface area contributed by atoms with E-state index in [0.29, 0.717) is 84.1 Å². The molecule has 1 unspecified atom stereocenters. The Morgan fingerprint density at radius 2 is 1.73 bits per heavy atom. The summed E-state index contributed by atoms with van der Waals surface area (Å²) in [6.07, 6.45) is 10.9. The zero-order valence-corrected chi connectivity index (χ0v) is 47.8. The number of thiazole rings is 1. The van der Waals surface area contributed by atoms with Crippen molar-refractivity contribution in [3.05, 3.63) is 52.1 Å². The number of ether oxygens (including phenoxy) is 6. The zero-order valence-electron chi connectivity index (χ0n) is 47.0. The molecule has 8 aliphatic heterocycles. The highest BCUT2D eigenvalue weighted by atomic mass is 32.1. The molecule has 426 valence electrons. The normalized spacial score (nSPS) is 30.0. The molecule has 10 aliphatic rings. The number of benzene rings is 1. The molecule has 3 aromatic heterocycles. The summed E-state index contributed by atoms with van der Waals surface area (Å²) in [6.45, 7) is 18.3. The number of nitrogens with zero attached hydrogens (tertiary/aromatic N) is 7. The van der Waals surface area contributed by atoms with Crippen LogP contribution in [0.4, 0.5) is 5.69 Å².